The van der Waals surface area contributed by atoms with E-state index in [2.05, 4.69) is 9.72 Å². The van der Waals surface area contributed by atoms with E-state index in [1.54, 1.807) is 0 Å². The van der Waals surface area contributed by atoms with Gasteiger partial charge in [0.05, 0.1) is 0 Å². The van der Waals surface area contributed by atoms with E-state index in [9.17, 15) is 23.1 Å². The Hall–Kier alpha value is -2.44. The Morgan fingerprint density at radius 3 is 2.33 bits per heavy atom. The van der Waals surface area contributed by atoms with Crippen LogP contribution >= 0.6 is 0 Å². The number of aromatic hydroxyl groups is 1. The zero-order chi connectivity index (χ0) is 15.5. The Labute approximate surface area is 117 Å². The van der Waals surface area contributed by atoms with Crippen LogP contribution in [-0.2, 0) is 12.8 Å². The summed E-state index contributed by atoms with van der Waals surface area (Å²) in [5.41, 5.74) is 0.934. The quantitative estimate of drug-likeness (QED) is 0.912. The fourth-order valence-corrected chi connectivity index (χ4v) is 1.86. The number of hydrogen-bond donors (Lipinski definition) is 2. The van der Waals surface area contributed by atoms with Crippen LogP contribution in [0.3, 0.4) is 0 Å². The van der Waals surface area contributed by atoms with Gasteiger partial charge in [0.2, 0.25) is 0 Å². The van der Waals surface area contributed by atoms with Crippen molar-refractivity contribution in [1.82, 2.24) is 4.98 Å². The second-order valence-corrected chi connectivity index (χ2v) is 4.42. The van der Waals surface area contributed by atoms with E-state index in [0.29, 0.717) is 18.5 Å². The van der Waals surface area contributed by atoms with E-state index in [1.807, 2.05) is 0 Å². The summed E-state index contributed by atoms with van der Waals surface area (Å²) >= 11 is 0. The Kier molecular flexibility index (Phi) is 4.21. The van der Waals surface area contributed by atoms with Crippen LogP contribution < -0.4 is 10.3 Å². The van der Waals surface area contributed by atoms with Crippen molar-refractivity contribution in [2.45, 2.75) is 19.2 Å². The first kappa shape index (κ1) is 15.0. The van der Waals surface area contributed by atoms with Crippen molar-refractivity contribution in [3.8, 4) is 11.5 Å². The molecule has 2 rings (SSSR count). The van der Waals surface area contributed by atoms with Gasteiger partial charge in [-0.1, -0.05) is 12.1 Å². The maximum atomic E-state index is 12.0. The molecule has 1 aromatic carbocycles. The lowest BCUT2D eigenvalue weighted by molar-refractivity contribution is -0.274. The van der Waals surface area contributed by atoms with Crippen LogP contribution in [0.5, 0.6) is 11.5 Å². The Morgan fingerprint density at radius 1 is 1.10 bits per heavy atom. The van der Waals surface area contributed by atoms with Gasteiger partial charge in [-0.3, -0.25) is 4.79 Å². The number of nitrogens with one attached hydrogen (secondary N) is 1. The fourth-order valence-electron chi connectivity index (χ4n) is 1.86. The fraction of sp³-hybridized carbons (Fsp3) is 0.214. The van der Waals surface area contributed by atoms with Crippen LogP contribution in [0.1, 0.15) is 11.3 Å². The molecule has 0 saturated heterocycles. The summed E-state index contributed by atoms with van der Waals surface area (Å²) in [6.45, 7) is 0. The Balaban J connectivity index is 1.99. The van der Waals surface area contributed by atoms with Crippen molar-refractivity contribution in [1.29, 1.82) is 0 Å². The molecule has 0 radical (unpaired) electrons. The number of aryl methyl sites for hydroxylation is 2. The highest BCUT2D eigenvalue weighted by Gasteiger charge is 2.30. The summed E-state index contributed by atoms with van der Waals surface area (Å²) < 4.78 is 39.8. The molecule has 0 aliphatic heterocycles. The number of rotatable bonds is 4. The molecule has 7 heteroatoms. The molecule has 4 nitrogen and oxygen atoms in total. The molecule has 0 fully saturated rings. The predicted octanol–water partition coefficient (Wildman–Crippen LogP) is 2.76. The summed E-state index contributed by atoms with van der Waals surface area (Å²) in [7, 11) is 0. The molecule has 0 unspecified atom stereocenters. The zero-order valence-corrected chi connectivity index (χ0v) is 10.8. The summed E-state index contributed by atoms with van der Waals surface area (Å²) in [6, 6.07) is 7.99. The SMILES string of the molecule is O=c1cc(O)cc(CCc2ccc(OC(F)(F)F)cc2)[nH]1. The van der Waals surface area contributed by atoms with Crippen molar-refractivity contribution in [3.05, 3.63) is 58.0 Å². The average Bonchev–Trinajstić information content (AvgIpc) is 2.35. The molecule has 1 heterocycles. The third-order valence-electron chi connectivity index (χ3n) is 2.72. The van der Waals surface area contributed by atoms with Crippen LogP contribution in [0.25, 0.3) is 0 Å². The third-order valence-corrected chi connectivity index (χ3v) is 2.72. The van der Waals surface area contributed by atoms with Gasteiger partial charge in [-0.25, -0.2) is 0 Å². The molecule has 0 aliphatic rings. The van der Waals surface area contributed by atoms with Crippen LogP contribution in [0, 0.1) is 0 Å². The Morgan fingerprint density at radius 2 is 1.76 bits per heavy atom. The second kappa shape index (κ2) is 5.90. The van der Waals surface area contributed by atoms with Gasteiger partial charge in [0.1, 0.15) is 11.5 Å². The molecule has 0 spiro atoms. The zero-order valence-electron chi connectivity index (χ0n) is 10.8. The monoisotopic (exact) mass is 299 g/mol. The number of alkyl halides is 3. The van der Waals surface area contributed by atoms with Gasteiger partial charge >= 0.3 is 6.36 Å². The van der Waals surface area contributed by atoms with Crippen LogP contribution in [0.2, 0.25) is 0 Å². The van der Waals surface area contributed by atoms with Crippen molar-refractivity contribution >= 4 is 0 Å². The number of H-pyrrole nitrogens is 1. The van der Waals surface area contributed by atoms with Gasteiger partial charge in [-0.05, 0) is 36.6 Å². The number of aromatic amines is 1. The van der Waals surface area contributed by atoms with Gasteiger partial charge in [-0.15, -0.1) is 13.2 Å². The Bertz CT molecular complexity index is 662. The molecule has 0 amide bonds. The van der Waals surface area contributed by atoms with Crippen molar-refractivity contribution in [2.75, 3.05) is 0 Å². The smallest absolute Gasteiger partial charge is 0.508 e. The molecule has 0 saturated carbocycles. The van der Waals surface area contributed by atoms with Gasteiger partial charge < -0.3 is 14.8 Å². The number of benzene rings is 1. The van der Waals surface area contributed by atoms with Crippen molar-refractivity contribution < 1.29 is 23.0 Å². The van der Waals surface area contributed by atoms with E-state index < -0.39 is 11.9 Å². The number of hydrogen-bond acceptors (Lipinski definition) is 3. The van der Waals surface area contributed by atoms with E-state index in [-0.39, 0.29) is 11.5 Å². The molecule has 0 bridgehead atoms. The van der Waals surface area contributed by atoms with Crippen LogP contribution in [-0.4, -0.2) is 16.5 Å². The number of halogens is 3. The third kappa shape index (κ3) is 4.87. The normalized spacial score (nSPS) is 11.4. The van der Waals surface area contributed by atoms with E-state index in [0.717, 1.165) is 11.6 Å². The first-order valence-corrected chi connectivity index (χ1v) is 6.09. The van der Waals surface area contributed by atoms with E-state index >= 15 is 0 Å². The first-order chi connectivity index (χ1) is 9.82. The van der Waals surface area contributed by atoms with Gasteiger partial charge in [-0.2, -0.15) is 0 Å². The lowest BCUT2D eigenvalue weighted by atomic mass is 10.1. The maximum Gasteiger partial charge on any atom is 0.573 e. The lowest BCUT2D eigenvalue weighted by Gasteiger charge is -2.09. The number of pyridine rings is 1. The molecule has 21 heavy (non-hydrogen) atoms. The molecule has 112 valence electrons. The highest BCUT2D eigenvalue weighted by molar-refractivity contribution is 5.28. The molecule has 2 N–H and O–H groups in total. The standard InChI is InChI=1S/C14H12F3NO3/c15-14(16,17)21-12-5-2-9(3-6-12)1-4-10-7-11(19)8-13(20)18-10/h2-3,5-8H,1,4H2,(H2,18,19,20). The lowest BCUT2D eigenvalue weighted by Crippen LogP contribution is -2.17. The molecule has 0 aliphatic carbocycles. The predicted molar refractivity (Wildman–Crippen MR) is 69.3 cm³/mol. The highest BCUT2D eigenvalue weighted by atomic mass is 19.4. The van der Waals surface area contributed by atoms with Crippen LogP contribution in [0.15, 0.2) is 41.2 Å². The van der Waals surface area contributed by atoms with E-state index in [4.69, 9.17) is 0 Å². The van der Waals surface area contributed by atoms with E-state index in [1.165, 1.54) is 30.3 Å². The topological polar surface area (TPSA) is 62.3 Å². The minimum Gasteiger partial charge on any atom is -0.508 e. The second-order valence-electron chi connectivity index (χ2n) is 4.42. The minimum absolute atomic E-state index is 0.123. The highest BCUT2D eigenvalue weighted by Crippen LogP contribution is 2.23. The molecule has 2 aromatic rings. The summed E-state index contributed by atoms with van der Waals surface area (Å²) in [5, 5.41) is 9.29. The van der Waals surface area contributed by atoms with Crippen LogP contribution in [0.4, 0.5) is 13.2 Å². The van der Waals surface area contributed by atoms with Gasteiger partial charge in [0.15, 0.2) is 0 Å². The average molecular weight is 299 g/mol. The maximum absolute atomic E-state index is 12.0. The number of aromatic nitrogens is 1. The first-order valence-electron chi connectivity index (χ1n) is 6.09. The summed E-state index contributed by atoms with van der Waals surface area (Å²) in [6.07, 6.45) is -3.75. The van der Waals surface area contributed by atoms with Gasteiger partial charge in [0.25, 0.3) is 5.56 Å². The summed E-state index contributed by atoms with van der Waals surface area (Å²) in [4.78, 5) is 13.7. The van der Waals surface area contributed by atoms with Crippen molar-refractivity contribution in [2.24, 2.45) is 0 Å². The minimum atomic E-state index is -4.71. The summed E-state index contributed by atoms with van der Waals surface area (Å²) in [5.74, 6) is -0.403. The largest absolute Gasteiger partial charge is 0.573 e. The number of ether oxygens (including phenoxy) is 1. The molecule has 1 aromatic heterocycles. The molecular weight excluding hydrogens is 287 g/mol. The van der Waals surface area contributed by atoms with Gasteiger partial charge in [0, 0.05) is 11.8 Å². The molecule has 0 atom stereocenters. The molecular formula is C14H12F3NO3. The van der Waals surface area contributed by atoms with Crippen molar-refractivity contribution in [3.63, 3.8) is 0 Å².